The molecule has 0 aliphatic carbocycles. The quantitative estimate of drug-likeness (QED) is 0.581. The molecule has 0 unspecified atom stereocenters. The predicted molar refractivity (Wildman–Crippen MR) is 56.1 cm³/mol. The van der Waals surface area contributed by atoms with Gasteiger partial charge in [0.1, 0.15) is 5.52 Å². The van der Waals surface area contributed by atoms with E-state index >= 15 is 0 Å². The molecule has 0 aliphatic rings. The van der Waals surface area contributed by atoms with E-state index in [1.54, 1.807) is 6.20 Å². The van der Waals surface area contributed by atoms with Crippen molar-refractivity contribution in [2.45, 2.75) is 6.92 Å². The van der Waals surface area contributed by atoms with E-state index in [2.05, 4.69) is 21.0 Å². The lowest BCUT2D eigenvalue weighted by Gasteiger charge is -1.91. The SMILES string of the molecule is Cc1cnc2[nH]c3ccccc3c2n1. The summed E-state index contributed by atoms with van der Waals surface area (Å²) in [6.07, 6.45) is 1.78. The molecule has 0 saturated carbocycles. The Morgan fingerprint density at radius 3 is 3.00 bits per heavy atom. The van der Waals surface area contributed by atoms with E-state index in [0.717, 1.165) is 27.8 Å². The highest BCUT2D eigenvalue weighted by Gasteiger charge is 2.04. The van der Waals surface area contributed by atoms with Crippen LogP contribution in [-0.4, -0.2) is 15.0 Å². The zero-order valence-electron chi connectivity index (χ0n) is 7.78. The van der Waals surface area contributed by atoms with E-state index in [4.69, 9.17) is 0 Å². The van der Waals surface area contributed by atoms with Crippen LogP contribution in [0.25, 0.3) is 22.1 Å². The number of aryl methyl sites for hydroxylation is 1. The number of rotatable bonds is 0. The van der Waals surface area contributed by atoms with Gasteiger partial charge >= 0.3 is 0 Å². The molecule has 0 saturated heterocycles. The molecule has 0 atom stereocenters. The Morgan fingerprint density at radius 1 is 1.21 bits per heavy atom. The van der Waals surface area contributed by atoms with Gasteiger partial charge in [0, 0.05) is 10.9 Å². The van der Waals surface area contributed by atoms with Gasteiger partial charge in [0.05, 0.1) is 11.9 Å². The van der Waals surface area contributed by atoms with Gasteiger partial charge in [0.25, 0.3) is 0 Å². The lowest BCUT2D eigenvalue weighted by atomic mass is 10.2. The van der Waals surface area contributed by atoms with E-state index in [0.29, 0.717) is 0 Å². The van der Waals surface area contributed by atoms with Crippen molar-refractivity contribution < 1.29 is 0 Å². The van der Waals surface area contributed by atoms with Crippen molar-refractivity contribution in [2.75, 3.05) is 0 Å². The first-order valence-electron chi connectivity index (χ1n) is 4.55. The minimum absolute atomic E-state index is 0.858. The number of nitrogens with one attached hydrogen (secondary N) is 1. The van der Waals surface area contributed by atoms with Crippen molar-refractivity contribution in [2.24, 2.45) is 0 Å². The number of hydrogen-bond donors (Lipinski definition) is 1. The van der Waals surface area contributed by atoms with Gasteiger partial charge in [-0.3, -0.25) is 0 Å². The van der Waals surface area contributed by atoms with Crippen molar-refractivity contribution in [1.29, 1.82) is 0 Å². The van der Waals surface area contributed by atoms with Crippen LogP contribution in [0.4, 0.5) is 0 Å². The summed E-state index contributed by atoms with van der Waals surface area (Å²) in [6, 6.07) is 8.11. The number of para-hydroxylation sites is 1. The number of aromatic nitrogens is 3. The number of hydrogen-bond acceptors (Lipinski definition) is 2. The highest BCUT2D eigenvalue weighted by atomic mass is 14.9. The molecule has 0 radical (unpaired) electrons. The van der Waals surface area contributed by atoms with Crippen LogP contribution in [0.15, 0.2) is 30.5 Å². The fraction of sp³-hybridized carbons (Fsp3) is 0.0909. The average molecular weight is 183 g/mol. The molecule has 3 heteroatoms. The van der Waals surface area contributed by atoms with Crippen LogP contribution < -0.4 is 0 Å². The molecule has 2 aromatic heterocycles. The fourth-order valence-electron chi connectivity index (χ4n) is 1.68. The van der Waals surface area contributed by atoms with Crippen LogP contribution in [0.3, 0.4) is 0 Å². The van der Waals surface area contributed by atoms with Crippen molar-refractivity contribution in [3.63, 3.8) is 0 Å². The van der Waals surface area contributed by atoms with E-state index in [1.807, 2.05) is 25.1 Å². The Kier molecular flexibility index (Phi) is 1.36. The lowest BCUT2D eigenvalue weighted by molar-refractivity contribution is 1.18. The highest BCUT2D eigenvalue weighted by Crippen LogP contribution is 2.21. The first-order valence-corrected chi connectivity index (χ1v) is 4.55. The third kappa shape index (κ3) is 0.923. The topological polar surface area (TPSA) is 41.6 Å². The molecule has 14 heavy (non-hydrogen) atoms. The van der Waals surface area contributed by atoms with Gasteiger partial charge < -0.3 is 4.98 Å². The Balaban J connectivity index is 2.58. The van der Waals surface area contributed by atoms with Crippen LogP contribution in [0.5, 0.6) is 0 Å². The molecule has 1 N–H and O–H groups in total. The molecule has 0 amide bonds. The smallest absolute Gasteiger partial charge is 0.157 e. The van der Waals surface area contributed by atoms with Gasteiger partial charge in [-0.2, -0.15) is 0 Å². The van der Waals surface area contributed by atoms with Crippen LogP contribution in [0, 0.1) is 6.92 Å². The number of nitrogens with zero attached hydrogens (tertiary/aromatic N) is 2. The summed E-state index contributed by atoms with van der Waals surface area (Å²) in [5.41, 5.74) is 3.85. The molecule has 3 aromatic rings. The number of H-pyrrole nitrogens is 1. The van der Waals surface area contributed by atoms with Crippen LogP contribution >= 0.6 is 0 Å². The monoisotopic (exact) mass is 183 g/mol. The summed E-state index contributed by atoms with van der Waals surface area (Å²) in [7, 11) is 0. The van der Waals surface area contributed by atoms with Crippen molar-refractivity contribution >= 4 is 22.1 Å². The summed E-state index contributed by atoms with van der Waals surface area (Å²) in [6.45, 7) is 1.95. The average Bonchev–Trinajstić information content (AvgIpc) is 2.56. The largest absolute Gasteiger partial charge is 0.338 e. The number of aromatic amines is 1. The molecule has 2 heterocycles. The van der Waals surface area contributed by atoms with Gasteiger partial charge in [0.15, 0.2) is 5.65 Å². The van der Waals surface area contributed by atoms with Crippen molar-refractivity contribution in [3.05, 3.63) is 36.2 Å². The van der Waals surface area contributed by atoms with E-state index in [9.17, 15) is 0 Å². The summed E-state index contributed by atoms with van der Waals surface area (Å²) in [4.78, 5) is 12.0. The molecule has 68 valence electrons. The van der Waals surface area contributed by atoms with Crippen molar-refractivity contribution in [1.82, 2.24) is 15.0 Å². The maximum atomic E-state index is 4.47. The molecule has 3 nitrogen and oxygen atoms in total. The zero-order chi connectivity index (χ0) is 9.54. The summed E-state index contributed by atoms with van der Waals surface area (Å²) in [5, 5.41) is 1.14. The molecule has 0 bridgehead atoms. The zero-order valence-corrected chi connectivity index (χ0v) is 7.78. The normalized spacial score (nSPS) is 11.2. The van der Waals surface area contributed by atoms with E-state index in [1.165, 1.54) is 0 Å². The standard InChI is InChI=1S/C11H9N3/c1-7-6-12-11-10(13-7)8-4-2-3-5-9(8)14-11/h2-6H,1H3,(H,12,14). The lowest BCUT2D eigenvalue weighted by Crippen LogP contribution is -1.83. The maximum absolute atomic E-state index is 4.47. The van der Waals surface area contributed by atoms with Crippen LogP contribution in [-0.2, 0) is 0 Å². The number of benzene rings is 1. The van der Waals surface area contributed by atoms with Crippen molar-refractivity contribution in [3.8, 4) is 0 Å². The molecule has 3 rings (SSSR count). The van der Waals surface area contributed by atoms with Gasteiger partial charge in [0.2, 0.25) is 0 Å². The third-order valence-corrected chi connectivity index (χ3v) is 2.33. The van der Waals surface area contributed by atoms with Gasteiger partial charge in [-0.25, -0.2) is 9.97 Å². The van der Waals surface area contributed by atoms with Crippen LogP contribution in [0.2, 0.25) is 0 Å². The van der Waals surface area contributed by atoms with E-state index in [-0.39, 0.29) is 0 Å². The van der Waals surface area contributed by atoms with Crippen LogP contribution in [0.1, 0.15) is 5.69 Å². The molecular weight excluding hydrogens is 174 g/mol. The Hall–Kier alpha value is -1.90. The first-order chi connectivity index (χ1) is 6.84. The fourth-order valence-corrected chi connectivity index (χ4v) is 1.68. The van der Waals surface area contributed by atoms with Gasteiger partial charge in [-0.15, -0.1) is 0 Å². The summed E-state index contributed by atoms with van der Waals surface area (Å²) >= 11 is 0. The third-order valence-electron chi connectivity index (χ3n) is 2.33. The Morgan fingerprint density at radius 2 is 2.07 bits per heavy atom. The maximum Gasteiger partial charge on any atom is 0.157 e. The summed E-state index contributed by atoms with van der Waals surface area (Å²) in [5.74, 6) is 0. The second-order valence-electron chi connectivity index (χ2n) is 3.38. The Labute approximate surface area is 80.8 Å². The minimum Gasteiger partial charge on any atom is -0.338 e. The molecular formula is C11H9N3. The summed E-state index contributed by atoms with van der Waals surface area (Å²) < 4.78 is 0. The Bertz CT molecular complexity index is 610. The second kappa shape index (κ2) is 2.54. The van der Waals surface area contributed by atoms with Gasteiger partial charge in [-0.05, 0) is 13.0 Å². The highest BCUT2D eigenvalue weighted by molar-refractivity contribution is 6.03. The molecule has 1 aromatic carbocycles. The molecule has 0 spiro atoms. The predicted octanol–water partition coefficient (Wildman–Crippen LogP) is 2.42. The molecule has 0 aliphatic heterocycles. The molecule has 0 fully saturated rings. The van der Waals surface area contributed by atoms with Gasteiger partial charge in [-0.1, -0.05) is 18.2 Å². The minimum atomic E-state index is 0.858. The van der Waals surface area contributed by atoms with E-state index < -0.39 is 0 Å². The number of fused-ring (bicyclic) bond motifs is 3. The first kappa shape index (κ1) is 7.50. The second-order valence-corrected chi connectivity index (χ2v) is 3.38.